The van der Waals surface area contributed by atoms with Crippen LogP contribution in [-0.2, 0) is 0 Å². The van der Waals surface area contributed by atoms with Crippen LogP contribution in [0.3, 0.4) is 0 Å². The van der Waals surface area contributed by atoms with Crippen LogP contribution in [0.5, 0.6) is 0 Å². The Labute approximate surface area is 121 Å². The zero-order valence-electron chi connectivity index (χ0n) is 13.6. The van der Waals surface area contributed by atoms with E-state index in [1.165, 1.54) is 90.0 Å². The van der Waals surface area contributed by atoms with Crippen LogP contribution < -0.4 is 5.32 Å². The van der Waals surface area contributed by atoms with E-state index in [0.717, 1.165) is 12.0 Å². The van der Waals surface area contributed by atoms with Crippen molar-refractivity contribution in [3.63, 3.8) is 0 Å². The van der Waals surface area contributed by atoms with Gasteiger partial charge in [0.1, 0.15) is 0 Å². The van der Waals surface area contributed by atoms with Gasteiger partial charge in [-0.25, -0.2) is 0 Å². The molecule has 114 valence electrons. The number of hydrogen-bond acceptors (Lipinski definition) is 1. The maximum absolute atomic E-state index is 3.62. The molecule has 0 aromatic rings. The molecule has 2 unspecified atom stereocenters. The van der Waals surface area contributed by atoms with Crippen LogP contribution in [0.1, 0.15) is 97.3 Å². The number of hydrogen-bond donors (Lipinski definition) is 1. The van der Waals surface area contributed by atoms with Crippen LogP contribution in [0.2, 0.25) is 0 Å². The summed E-state index contributed by atoms with van der Waals surface area (Å²) in [6.07, 6.45) is 18.9. The molecule has 1 rings (SSSR count). The number of piperidine rings is 1. The zero-order chi connectivity index (χ0) is 13.8. The van der Waals surface area contributed by atoms with Crippen LogP contribution in [0.4, 0.5) is 0 Å². The first kappa shape index (κ1) is 17.0. The third kappa shape index (κ3) is 9.49. The summed E-state index contributed by atoms with van der Waals surface area (Å²) in [4.78, 5) is 0. The van der Waals surface area contributed by atoms with Crippen LogP contribution in [0.25, 0.3) is 0 Å². The molecule has 1 fully saturated rings. The van der Waals surface area contributed by atoms with Gasteiger partial charge in [-0.3, -0.25) is 0 Å². The second-order valence-electron chi connectivity index (χ2n) is 6.72. The van der Waals surface area contributed by atoms with Crippen LogP contribution in [-0.4, -0.2) is 12.6 Å². The third-order valence-corrected chi connectivity index (χ3v) is 4.73. The van der Waals surface area contributed by atoms with E-state index in [0.29, 0.717) is 0 Å². The fraction of sp³-hybridized carbons (Fsp3) is 1.00. The summed E-state index contributed by atoms with van der Waals surface area (Å²) in [6.45, 7) is 5.89. The Hall–Kier alpha value is -0.0400. The number of nitrogens with one attached hydrogen (secondary N) is 1. The van der Waals surface area contributed by atoms with Crippen molar-refractivity contribution >= 4 is 0 Å². The molecule has 0 amide bonds. The Bertz CT molecular complexity index is 182. The van der Waals surface area contributed by atoms with E-state index in [4.69, 9.17) is 0 Å². The Balaban J connectivity index is 1.76. The van der Waals surface area contributed by atoms with Gasteiger partial charge in [-0.05, 0) is 38.6 Å². The molecular weight excluding hydrogens is 230 g/mol. The summed E-state index contributed by atoms with van der Waals surface area (Å²) < 4.78 is 0. The largest absolute Gasteiger partial charge is 0.314 e. The molecule has 1 heterocycles. The molecule has 1 saturated heterocycles. The second kappa shape index (κ2) is 11.8. The van der Waals surface area contributed by atoms with Gasteiger partial charge in [-0.1, -0.05) is 71.1 Å². The van der Waals surface area contributed by atoms with Gasteiger partial charge in [0.2, 0.25) is 0 Å². The lowest BCUT2D eigenvalue weighted by Gasteiger charge is -2.27. The highest BCUT2D eigenvalue weighted by Crippen LogP contribution is 2.20. The number of unbranched alkanes of at least 4 members (excludes halogenated alkanes) is 9. The Morgan fingerprint density at radius 2 is 1.37 bits per heavy atom. The van der Waals surface area contributed by atoms with Crippen LogP contribution in [0.15, 0.2) is 0 Å². The zero-order valence-corrected chi connectivity index (χ0v) is 13.6. The van der Waals surface area contributed by atoms with Gasteiger partial charge < -0.3 is 5.32 Å². The van der Waals surface area contributed by atoms with Gasteiger partial charge in [0.15, 0.2) is 0 Å². The van der Waals surface area contributed by atoms with Gasteiger partial charge in [-0.15, -0.1) is 0 Å². The van der Waals surface area contributed by atoms with E-state index in [1.807, 2.05) is 0 Å². The Morgan fingerprint density at radius 1 is 0.789 bits per heavy atom. The molecule has 1 aliphatic rings. The van der Waals surface area contributed by atoms with E-state index in [2.05, 4.69) is 19.2 Å². The minimum atomic E-state index is 0.768. The number of rotatable bonds is 11. The molecule has 1 N–H and O–H groups in total. The summed E-state index contributed by atoms with van der Waals surface area (Å²) in [7, 11) is 0. The molecule has 0 bridgehead atoms. The molecule has 19 heavy (non-hydrogen) atoms. The van der Waals surface area contributed by atoms with Crippen molar-refractivity contribution in [2.45, 2.75) is 103 Å². The van der Waals surface area contributed by atoms with Crippen molar-refractivity contribution in [1.82, 2.24) is 5.32 Å². The van der Waals surface area contributed by atoms with E-state index < -0.39 is 0 Å². The second-order valence-corrected chi connectivity index (χ2v) is 6.72. The molecule has 1 aliphatic heterocycles. The predicted molar refractivity (Wildman–Crippen MR) is 86.6 cm³/mol. The molecule has 0 aliphatic carbocycles. The molecular formula is C18H37N. The molecule has 2 atom stereocenters. The van der Waals surface area contributed by atoms with Crippen molar-refractivity contribution in [2.24, 2.45) is 5.92 Å². The van der Waals surface area contributed by atoms with Crippen molar-refractivity contribution in [2.75, 3.05) is 6.54 Å². The van der Waals surface area contributed by atoms with Crippen molar-refractivity contribution in [3.05, 3.63) is 0 Å². The van der Waals surface area contributed by atoms with Gasteiger partial charge in [0.05, 0.1) is 0 Å². The third-order valence-electron chi connectivity index (χ3n) is 4.73. The quantitative estimate of drug-likeness (QED) is 0.474. The van der Waals surface area contributed by atoms with Crippen molar-refractivity contribution < 1.29 is 0 Å². The van der Waals surface area contributed by atoms with Crippen molar-refractivity contribution in [3.8, 4) is 0 Å². The average molecular weight is 268 g/mol. The first-order valence-corrected chi connectivity index (χ1v) is 9.06. The van der Waals surface area contributed by atoms with Gasteiger partial charge in [-0.2, -0.15) is 0 Å². The highest BCUT2D eigenvalue weighted by Gasteiger charge is 2.16. The van der Waals surface area contributed by atoms with Crippen molar-refractivity contribution in [1.29, 1.82) is 0 Å². The first-order valence-electron chi connectivity index (χ1n) is 9.06. The Morgan fingerprint density at radius 3 is 1.89 bits per heavy atom. The minimum Gasteiger partial charge on any atom is -0.314 e. The molecule has 0 saturated carbocycles. The van der Waals surface area contributed by atoms with Gasteiger partial charge in [0, 0.05) is 6.04 Å². The Kier molecular flexibility index (Phi) is 10.5. The monoisotopic (exact) mass is 267 g/mol. The standard InChI is InChI=1S/C18H37N/c1-3-4-5-6-7-8-9-10-11-12-13-18-15-14-17(2)19-16-18/h17-19H,3-16H2,1-2H3. The summed E-state index contributed by atoms with van der Waals surface area (Å²) in [5.74, 6) is 0.977. The predicted octanol–water partition coefficient (Wildman–Crippen LogP) is 5.69. The van der Waals surface area contributed by atoms with E-state index in [1.54, 1.807) is 0 Å². The van der Waals surface area contributed by atoms with Crippen LogP contribution >= 0.6 is 0 Å². The van der Waals surface area contributed by atoms with E-state index >= 15 is 0 Å². The lowest BCUT2D eigenvalue weighted by Crippen LogP contribution is -2.36. The van der Waals surface area contributed by atoms with Gasteiger partial charge in [0.25, 0.3) is 0 Å². The van der Waals surface area contributed by atoms with Crippen LogP contribution in [0, 0.1) is 5.92 Å². The normalized spacial score (nSPS) is 23.7. The highest BCUT2D eigenvalue weighted by atomic mass is 14.9. The SMILES string of the molecule is CCCCCCCCCCCCC1CCC(C)NC1. The lowest BCUT2D eigenvalue weighted by molar-refractivity contribution is 0.301. The highest BCUT2D eigenvalue weighted by molar-refractivity contribution is 4.74. The molecule has 0 spiro atoms. The molecule has 1 nitrogen and oxygen atoms in total. The average Bonchev–Trinajstić information content (AvgIpc) is 2.43. The lowest BCUT2D eigenvalue weighted by atomic mass is 9.90. The summed E-state index contributed by atoms with van der Waals surface area (Å²) in [5, 5.41) is 3.62. The maximum Gasteiger partial charge on any atom is 0.00389 e. The smallest absolute Gasteiger partial charge is 0.00389 e. The summed E-state index contributed by atoms with van der Waals surface area (Å²) >= 11 is 0. The molecule has 1 heteroatoms. The van der Waals surface area contributed by atoms with Gasteiger partial charge >= 0.3 is 0 Å². The fourth-order valence-electron chi connectivity index (χ4n) is 3.22. The first-order chi connectivity index (χ1) is 9.33. The summed E-state index contributed by atoms with van der Waals surface area (Å²) in [5.41, 5.74) is 0. The molecule has 0 aromatic carbocycles. The molecule has 0 radical (unpaired) electrons. The topological polar surface area (TPSA) is 12.0 Å². The minimum absolute atomic E-state index is 0.768. The fourth-order valence-corrected chi connectivity index (χ4v) is 3.22. The maximum atomic E-state index is 3.62. The van der Waals surface area contributed by atoms with E-state index in [-0.39, 0.29) is 0 Å². The summed E-state index contributed by atoms with van der Waals surface area (Å²) in [6, 6.07) is 0.768. The molecule has 0 aromatic heterocycles. The van der Waals surface area contributed by atoms with E-state index in [9.17, 15) is 0 Å².